The summed E-state index contributed by atoms with van der Waals surface area (Å²) < 4.78 is 10.7. The molecular weight excluding hydrogens is 216 g/mol. The van der Waals surface area contributed by atoms with Crippen LogP contribution in [-0.2, 0) is 6.42 Å². The third-order valence-electron chi connectivity index (χ3n) is 3.26. The van der Waals surface area contributed by atoms with Gasteiger partial charge in [-0.2, -0.15) is 0 Å². The highest BCUT2D eigenvalue weighted by Crippen LogP contribution is 2.37. The number of benzene rings is 1. The number of anilines is 1. The fraction of sp³-hybridized carbons (Fsp3) is 0.538. The molecule has 0 fully saturated rings. The predicted octanol–water partition coefficient (Wildman–Crippen LogP) is 1.78. The largest absolute Gasteiger partial charge is 0.497 e. The van der Waals surface area contributed by atoms with Crippen LogP contribution in [-0.4, -0.2) is 26.8 Å². The van der Waals surface area contributed by atoms with Crippen LogP contribution in [0, 0.1) is 0 Å². The van der Waals surface area contributed by atoms with Crippen LogP contribution >= 0.6 is 0 Å². The van der Waals surface area contributed by atoms with Crippen LogP contribution in [0.4, 0.5) is 5.69 Å². The molecule has 4 heteroatoms. The molecule has 3 N–H and O–H groups in total. The Kier molecular flexibility index (Phi) is 3.74. The number of ether oxygens (including phenoxy) is 2. The summed E-state index contributed by atoms with van der Waals surface area (Å²) in [6.45, 7) is 0.716. The van der Waals surface area contributed by atoms with Gasteiger partial charge in [0.25, 0.3) is 0 Å². The Balaban J connectivity index is 2.29. The van der Waals surface area contributed by atoms with E-state index in [4.69, 9.17) is 15.2 Å². The highest BCUT2D eigenvalue weighted by molar-refractivity contribution is 5.63. The molecule has 1 aromatic rings. The van der Waals surface area contributed by atoms with Crippen molar-refractivity contribution in [2.45, 2.75) is 25.3 Å². The van der Waals surface area contributed by atoms with Gasteiger partial charge in [-0.1, -0.05) is 0 Å². The SMILES string of the molecule is COc1cc2c(c(OC)c1)CCC(CCN)N2. The molecule has 2 rings (SSSR count). The van der Waals surface area contributed by atoms with Gasteiger partial charge in [0.2, 0.25) is 0 Å². The molecule has 94 valence electrons. The second-order valence-corrected chi connectivity index (χ2v) is 4.31. The van der Waals surface area contributed by atoms with E-state index in [-0.39, 0.29) is 0 Å². The molecule has 0 aliphatic carbocycles. The molecule has 1 aliphatic heterocycles. The topological polar surface area (TPSA) is 56.5 Å². The van der Waals surface area contributed by atoms with Crippen LogP contribution in [0.5, 0.6) is 11.5 Å². The molecule has 0 aromatic heterocycles. The molecule has 1 aliphatic rings. The molecule has 0 amide bonds. The highest BCUT2D eigenvalue weighted by atomic mass is 16.5. The summed E-state index contributed by atoms with van der Waals surface area (Å²) in [7, 11) is 3.36. The molecule has 0 bridgehead atoms. The van der Waals surface area contributed by atoms with Crippen LogP contribution in [0.1, 0.15) is 18.4 Å². The van der Waals surface area contributed by atoms with Crippen molar-refractivity contribution >= 4 is 5.69 Å². The average Bonchev–Trinajstić information content (AvgIpc) is 2.37. The van der Waals surface area contributed by atoms with E-state index in [9.17, 15) is 0 Å². The Bertz CT molecular complexity index is 393. The van der Waals surface area contributed by atoms with Gasteiger partial charge in [-0.15, -0.1) is 0 Å². The van der Waals surface area contributed by atoms with Crippen LogP contribution in [0.15, 0.2) is 12.1 Å². The Morgan fingerprint density at radius 1 is 1.35 bits per heavy atom. The van der Waals surface area contributed by atoms with Gasteiger partial charge in [-0.3, -0.25) is 0 Å². The standard InChI is InChI=1S/C13H20N2O2/c1-16-10-7-12-11(13(8-10)17-2)4-3-9(15-12)5-6-14/h7-9,15H,3-6,14H2,1-2H3. The summed E-state index contributed by atoms with van der Waals surface area (Å²) in [5, 5.41) is 3.51. The second-order valence-electron chi connectivity index (χ2n) is 4.31. The van der Waals surface area contributed by atoms with Crippen LogP contribution in [0.2, 0.25) is 0 Å². The van der Waals surface area contributed by atoms with Gasteiger partial charge < -0.3 is 20.5 Å². The molecule has 1 atom stereocenters. The number of hydrogen-bond donors (Lipinski definition) is 2. The first kappa shape index (κ1) is 12.0. The zero-order valence-corrected chi connectivity index (χ0v) is 10.5. The van der Waals surface area contributed by atoms with Crippen LogP contribution < -0.4 is 20.5 Å². The molecule has 0 saturated carbocycles. The van der Waals surface area contributed by atoms with Gasteiger partial charge in [0, 0.05) is 29.4 Å². The molecular formula is C13H20N2O2. The Morgan fingerprint density at radius 3 is 2.82 bits per heavy atom. The normalized spacial score (nSPS) is 18.2. The number of rotatable bonds is 4. The zero-order valence-electron chi connectivity index (χ0n) is 10.5. The monoisotopic (exact) mass is 236 g/mol. The zero-order chi connectivity index (χ0) is 12.3. The van der Waals surface area contributed by atoms with Crippen molar-refractivity contribution in [3.05, 3.63) is 17.7 Å². The number of nitrogens with two attached hydrogens (primary N) is 1. The number of hydrogen-bond acceptors (Lipinski definition) is 4. The summed E-state index contributed by atoms with van der Waals surface area (Å²) in [5.41, 5.74) is 7.96. The number of methoxy groups -OCH3 is 2. The van der Waals surface area contributed by atoms with Gasteiger partial charge in [0.05, 0.1) is 14.2 Å². The van der Waals surface area contributed by atoms with E-state index in [1.54, 1.807) is 14.2 Å². The molecule has 1 heterocycles. The van der Waals surface area contributed by atoms with E-state index in [0.717, 1.165) is 36.4 Å². The summed E-state index contributed by atoms with van der Waals surface area (Å²) in [6.07, 6.45) is 3.13. The highest BCUT2D eigenvalue weighted by Gasteiger charge is 2.21. The molecule has 0 spiro atoms. The first-order valence-electron chi connectivity index (χ1n) is 6.00. The average molecular weight is 236 g/mol. The fourth-order valence-electron chi connectivity index (χ4n) is 2.34. The van der Waals surface area contributed by atoms with E-state index in [0.29, 0.717) is 12.6 Å². The van der Waals surface area contributed by atoms with Crippen molar-refractivity contribution < 1.29 is 9.47 Å². The maximum absolute atomic E-state index is 5.60. The summed E-state index contributed by atoms with van der Waals surface area (Å²) in [4.78, 5) is 0. The summed E-state index contributed by atoms with van der Waals surface area (Å²) >= 11 is 0. The smallest absolute Gasteiger partial charge is 0.127 e. The van der Waals surface area contributed by atoms with Crippen molar-refractivity contribution in [2.75, 3.05) is 26.1 Å². The molecule has 1 unspecified atom stereocenters. The Morgan fingerprint density at radius 2 is 2.18 bits per heavy atom. The van der Waals surface area contributed by atoms with Crippen LogP contribution in [0.3, 0.4) is 0 Å². The Hall–Kier alpha value is -1.42. The quantitative estimate of drug-likeness (QED) is 0.836. The fourth-order valence-corrected chi connectivity index (χ4v) is 2.34. The van der Waals surface area contributed by atoms with E-state index in [1.807, 2.05) is 12.1 Å². The molecule has 1 aromatic carbocycles. The van der Waals surface area contributed by atoms with Gasteiger partial charge in [0.15, 0.2) is 0 Å². The third-order valence-corrected chi connectivity index (χ3v) is 3.26. The molecule has 0 saturated heterocycles. The lowest BCUT2D eigenvalue weighted by molar-refractivity contribution is 0.389. The van der Waals surface area contributed by atoms with Gasteiger partial charge in [-0.25, -0.2) is 0 Å². The Labute approximate surface area is 102 Å². The lowest BCUT2D eigenvalue weighted by Gasteiger charge is -2.28. The second kappa shape index (κ2) is 5.27. The minimum atomic E-state index is 0.462. The predicted molar refractivity (Wildman–Crippen MR) is 68.9 cm³/mol. The first-order valence-corrected chi connectivity index (χ1v) is 6.00. The van der Waals surface area contributed by atoms with Crippen molar-refractivity contribution in [3.63, 3.8) is 0 Å². The minimum Gasteiger partial charge on any atom is -0.497 e. The van der Waals surface area contributed by atoms with E-state index in [2.05, 4.69) is 5.32 Å². The minimum absolute atomic E-state index is 0.462. The van der Waals surface area contributed by atoms with Gasteiger partial charge >= 0.3 is 0 Å². The molecule has 4 nitrogen and oxygen atoms in total. The first-order chi connectivity index (χ1) is 8.28. The summed E-state index contributed by atoms with van der Waals surface area (Å²) in [6, 6.07) is 4.42. The van der Waals surface area contributed by atoms with E-state index in [1.165, 1.54) is 5.56 Å². The number of fused-ring (bicyclic) bond motifs is 1. The maximum Gasteiger partial charge on any atom is 0.127 e. The molecule has 17 heavy (non-hydrogen) atoms. The van der Waals surface area contributed by atoms with Gasteiger partial charge in [-0.05, 0) is 25.8 Å². The van der Waals surface area contributed by atoms with E-state index >= 15 is 0 Å². The number of nitrogens with one attached hydrogen (secondary N) is 1. The van der Waals surface area contributed by atoms with E-state index < -0.39 is 0 Å². The van der Waals surface area contributed by atoms with Gasteiger partial charge in [0.1, 0.15) is 11.5 Å². The summed E-state index contributed by atoms with van der Waals surface area (Å²) in [5.74, 6) is 1.72. The lowest BCUT2D eigenvalue weighted by Crippen LogP contribution is -2.28. The maximum atomic E-state index is 5.60. The lowest BCUT2D eigenvalue weighted by atomic mass is 9.95. The van der Waals surface area contributed by atoms with Crippen molar-refractivity contribution in [3.8, 4) is 11.5 Å². The third kappa shape index (κ3) is 2.47. The van der Waals surface area contributed by atoms with Crippen LogP contribution in [0.25, 0.3) is 0 Å². The van der Waals surface area contributed by atoms with Crippen molar-refractivity contribution in [1.29, 1.82) is 0 Å². The van der Waals surface area contributed by atoms with Crippen molar-refractivity contribution in [1.82, 2.24) is 0 Å². The van der Waals surface area contributed by atoms with Crippen molar-refractivity contribution in [2.24, 2.45) is 5.73 Å². The molecule has 0 radical (unpaired) electrons.